The quantitative estimate of drug-likeness (QED) is 0.539. The van der Waals surface area contributed by atoms with E-state index in [2.05, 4.69) is 20.0 Å². The van der Waals surface area contributed by atoms with Gasteiger partial charge in [0, 0.05) is 6.20 Å². The van der Waals surface area contributed by atoms with Crippen LogP contribution in [0.1, 0.15) is 5.69 Å². The van der Waals surface area contributed by atoms with Gasteiger partial charge in [0.1, 0.15) is 6.20 Å². The van der Waals surface area contributed by atoms with Gasteiger partial charge in [-0.05, 0) is 0 Å². The van der Waals surface area contributed by atoms with Gasteiger partial charge in [-0.2, -0.15) is 0 Å². The van der Waals surface area contributed by atoms with Crippen LogP contribution in [0.15, 0.2) is 28.6 Å². The average Bonchev–Trinajstić information content (AvgIpc) is 2.58. The number of aliphatic imine (C=N–C) groups is 2. The van der Waals surface area contributed by atoms with E-state index in [1.54, 1.807) is 31.0 Å². The summed E-state index contributed by atoms with van der Waals surface area (Å²) in [6.07, 6.45) is 8.75. The highest BCUT2D eigenvalue weighted by Crippen LogP contribution is 2.14. The van der Waals surface area contributed by atoms with E-state index >= 15 is 0 Å². The maximum absolute atomic E-state index is 4.03. The minimum absolute atomic E-state index is 0.623. The standard InChI is InChI=1S/C7H5N4/c1-2-9-6(5-8-1)7-10-3-4-11-7/h1-5H/q+1. The lowest BCUT2D eigenvalue weighted by Gasteiger charge is -1.91. The van der Waals surface area contributed by atoms with Crippen LogP contribution in [0.3, 0.4) is 0 Å². The molecule has 0 aromatic carbocycles. The number of hydrogen-bond acceptors (Lipinski definition) is 4. The molecule has 4 nitrogen and oxygen atoms in total. The molecule has 1 aromatic rings. The van der Waals surface area contributed by atoms with Crippen molar-refractivity contribution in [2.45, 2.75) is 0 Å². The van der Waals surface area contributed by atoms with Gasteiger partial charge in [-0.25, -0.2) is 9.97 Å². The van der Waals surface area contributed by atoms with Crippen LogP contribution in [0.5, 0.6) is 0 Å². The van der Waals surface area contributed by atoms with E-state index in [1.807, 2.05) is 0 Å². The van der Waals surface area contributed by atoms with Crippen LogP contribution in [0, 0.1) is 6.17 Å². The molecule has 0 fully saturated rings. The molecule has 0 unspecified atom stereocenters. The molecule has 0 N–H and O–H groups in total. The maximum atomic E-state index is 4.03. The molecule has 0 atom stereocenters. The summed E-state index contributed by atoms with van der Waals surface area (Å²) in [5.74, 6) is 0. The lowest BCUT2D eigenvalue weighted by atomic mass is 10.4. The van der Waals surface area contributed by atoms with Gasteiger partial charge in [-0.1, -0.05) is 0 Å². The molecule has 1 aromatic heterocycles. The van der Waals surface area contributed by atoms with Crippen molar-refractivity contribution in [1.82, 2.24) is 9.97 Å². The van der Waals surface area contributed by atoms with Crippen LogP contribution >= 0.6 is 0 Å². The summed E-state index contributed by atoms with van der Waals surface area (Å²) in [6.45, 7) is 0. The Morgan fingerprint density at radius 2 is 1.91 bits per heavy atom. The lowest BCUT2D eigenvalue weighted by molar-refractivity contribution is 0.979. The SMILES string of the molecule is C1=N[C+](c2cnccn2)N=C1. The minimum atomic E-state index is 0.623. The van der Waals surface area contributed by atoms with Crippen LogP contribution in [0.4, 0.5) is 0 Å². The van der Waals surface area contributed by atoms with Crippen LogP contribution in [-0.4, -0.2) is 22.4 Å². The third-order valence-electron chi connectivity index (χ3n) is 1.25. The van der Waals surface area contributed by atoms with Crippen LogP contribution in [-0.2, 0) is 0 Å². The van der Waals surface area contributed by atoms with Gasteiger partial charge < -0.3 is 0 Å². The molecule has 0 aliphatic carbocycles. The molecule has 1 aliphatic heterocycles. The van der Waals surface area contributed by atoms with E-state index in [1.165, 1.54) is 0 Å². The van der Waals surface area contributed by atoms with Crippen molar-refractivity contribution in [3.63, 3.8) is 0 Å². The number of rotatable bonds is 1. The van der Waals surface area contributed by atoms with E-state index in [4.69, 9.17) is 0 Å². The van der Waals surface area contributed by atoms with Crippen molar-refractivity contribution in [2.24, 2.45) is 9.98 Å². The first-order valence-electron chi connectivity index (χ1n) is 3.17. The second-order valence-electron chi connectivity index (χ2n) is 1.97. The van der Waals surface area contributed by atoms with Crippen LogP contribution in [0.2, 0.25) is 0 Å². The van der Waals surface area contributed by atoms with Gasteiger partial charge in [0.2, 0.25) is 5.69 Å². The van der Waals surface area contributed by atoms with Gasteiger partial charge in [-0.15, -0.1) is 9.98 Å². The van der Waals surface area contributed by atoms with Gasteiger partial charge in [0.15, 0.2) is 12.4 Å². The predicted octanol–water partition coefficient (Wildman–Crippen LogP) is 0.469. The highest BCUT2D eigenvalue weighted by molar-refractivity contribution is 6.18. The molecule has 1 aliphatic rings. The number of hydrogen-bond donors (Lipinski definition) is 0. The summed E-state index contributed by atoms with van der Waals surface area (Å²) in [4.78, 5) is 15.9. The first kappa shape index (κ1) is 6.03. The fourth-order valence-corrected chi connectivity index (χ4v) is 0.788. The van der Waals surface area contributed by atoms with Gasteiger partial charge in [0.05, 0.1) is 6.20 Å². The zero-order valence-electron chi connectivity index (χ0n) is 5.68. The molecule has 0 bridgehead atoms. The Labute approximate surface area is 63.8 Å². The van der Waals surface area contributed by atoms with Crippen molar-refractivity contribution in [1.29, 1.82) is 0 Å². The molecular formula is C7H5N4+. The second-order valence-corrected chi connectivity index (χ2v) is 1.97. The van der Waals surface area contributed by atoms with Crippen molar-refractivity contribution in [2.75, 3.05) is 0 Å². The van der Waals surface area contributed by atoms with Crippen LogP contribution in [0.25, 0.3) is 0 Å². The number of aromatic nitrogens is 2. The van der Waals surface area contributed by atoms with Gasteiger partial charge in [0.25, 0.3) is 6.17 Å². The molecule has 0 radical (unpaired) electrons. The van der Waals surface area contributed by atoms with Crippen molar-refractivity contribution >= 4 is 12.4 Å². The summed E-state index contributed by atoms with van der Waals surface area (Å²) < 4.78 is 0. The van der Waals surface area contributed by atoms with E-state index < -0.39 is 0 Å². The highest BCUT2D eigenvalue weighted by Gasteiger charge is 2.19. The monoisotopic (exact) mass is 145 g/mol. The van der Waals surface area contributed by atoms with E-state index in [0.717, 1.165) is 0 Å². The Kier molecular flexibility index (Phi) is 1.37. The summed E-state index contributed by atoms with van der Waals surface area (Å²) in [7, 11) is 0. The molecule has 0 saturated carbocycles. The van der Waals surface area contributed by atoms with E-state index in [0.29, 0.717) is 11.9 Å². The van der Waals surface area contributed by atoms with Gasteiger partial charge >= 0.3 is 0 Å². The van der Waals surface area contributed by atoms with Crippen molar-refractivity contribution in [3.8, 4) is 0 Å². The summed E-state index contributed by atoms with van der Waals surface area (Å²) in [5.41, 5.74) is 0.706. The predicted molar refractivity (Wildman–Crippen MR) is 41.4 cm³/mol. The molecular weight excluding hydrogens is 140 g/mol. The molecule has 2 heterocycles. The minimum Gasteiger partial charge on any atom is -0.229 e. The zero-order chi connectivity index (χ0) is 7.52. The molecule has 0 spiro atoms. The largest absolute Gasteiger partial charge is 0.274 e. The Hall–Kier alpha value is -1.71. The Bertz CT molecular complexity index is 279. The van der Waals surface area contributed by atoms with E-state index in [9.17, 15) is 0 Å². The average molecular weight is 145 g/mol. The van der Waals surface area contributed by atoms with Crippen LogP contribution < -0.4 is 0 Å². The van der Waals surface area contributed by atoms with Gasteiger partial charge in [-0.3, -0.25) is 0 Å². The lowest BCUT2D eigenvalue weighted by Crippen LogP contribution is -1.93. The Morgan fingerprint density at radius 3 is 2.55 bits per heavy atom. The second kappa shape index (κ2) is 2.49. The number of nitrogens with zero attached hydrogens (tertiary/aromatic N) is 4. The molecule has 2 rings (SSSR count). The zero-order valence-corrected chi connectivity index (χ0v) is 5.68. The van der Waals surface area contributed by atoms with E-state index in [-0.39, 0.29) is 0 Å². The first-order chi connectivity index (χ1) is 5.47. The van der Waals surface area contributed by atoms with Crippen molar-refractivity contribution in [3.05, 3.63) is 30.5 Å². The molecule has 52 valence electrons. The first-order valence-corrected chi connectivity index (χ1v) is 3.17. The normalized spacial score (nSPS) is 14.4. The highest BCUT2D eigenvalue weighted by atomic mass is 15.1. The Balaban J connectivity index is 2.30. The summed E-state index contributed by atoms with van der Waals surface area (Å²) in [5, 5.41) is 0. The maximum Gasteiger partial charge on any atom is 0.274 e. The molecule has 0 amide bonds. The summed E-state index contributed by atoms with van der Waals surface area (Å²) >= 11 is 0. The third-order valence-corrected chi connectivity index (χ3v) is 1.25. The van der Waals surface area contributed by atoms with Crippen molar-refractivity contribution < 1.29 is 0 Å². The smallest absolute Gasteiger partial charge is 0.229 e. The fraction of sp³-hybridized carbons (Fsp3) is 0. The summed E-state index contributed by atoms with van der Waals surface area (Å²) in [6, 6.07) is 0. The molecule has 11 heavy (non-hydrogen) atoms. The topological polar surface area (TPSA) is 50.5 Å². The molecule has 0 saturated heterocycles. The third kappa shape index (κ3) is 1.10. The molecule has 4 heteroatoms. The Morgan fingerprint density at radius 1 is 1.09 bits per heavy atom. The fourth-order valence-electron chi connectivity index (χ4n) is 0.788.